The number of aromatic nitrogens is 1. The van der Waals surface area contributed by atoms with Crippen LogP contribution >= 0.6 is 11.6 Å². The van der Waals surface area contributed by atoms with Crippen molar-refractivity contribution in [1.82, 2.24) is 10.5 Å². The summed E-state index contributed by atoms with van der Waals surface area (Å²) >= 11 is 6.02. The number of ether oxygens (including phenoxy) is 1. The van der Waals surface area contributed by atoms with Gasteiger partial charge in [-0.2, -0.15) is 13.2 Å². The van der Waals surface area contributed by atoms with Crippen molar-refractivity contribution in [3.63, 3.8) is 0 Å². The molecule has 0 aliphatic carbocycles. The van der Waals surface area contributed by atoms with E-state index >= 15 is 0 Å². The van der Waals surface area contributed by atoms with E-state index in [9.17, 15) is 35.5 Å². The molecule has 0 bridgehead atoms. The number of halogens is 8. The van der Waals surface area contributed by atoms with Crippen molar-refractivity contribution in [2.45, 2.75) is 12.5 Å². The standard InChI is InChI=1S/C22H14ClF7N4O3/c1-32-20(35)16-17(15-13(23)3-2-4-14(15)24)34-37-18(16)12(9-31)19(21(25,26)27)33-10-5-7-11(8-6-10)36-22(28,29)30/h2-9,31,33H,1H3,(H,32,35)/b19-12+,31-9?. The van der Waals surface area contributed by atoms with Crippen molar-refractivity contribution in [3.05, 3.63) is 70.3 Å². The normalized spacial score (nSPS) is 12.6. The second-order valence-electron chi connectivity index (χ2n) is 7.04. The van der Waals surface area contributed by atoms with E-state index in [-0.39, 0.29) is 16.9 Å². The number of hydrogen-bond acceptors (Lipinski definition) is 6. The molecule has 1 amide bonds. The highest BCUT2D eigenvalue weighted by Crippen LogP contribution is 2.39. The van der Waals surface area contributed by atoms with Gasteiger partial charge in [-0.1, -0.05) is 22.8 Å². The number of allylic oxidation sites excluding steroid dienone is 2. The van der Waals surface area contributed by atoms with Gasteiger partial charge in [-0.3, -0.25) is 4.79 Å². The lowest BCUT2D eigenvalue weighted by Crippen LogP contribution is -2.24. The van der Waals surface area contributed by atoms with Crippen molar-refractivity contribution in [1.29, 1.82) is 5.41 Å². The SMILES string of the molecule is CNC(=O)c1c(-c2c(F)cccc2Cl)noc1/C(C=N)=C(/Nc1ccc(OC(F)(F)F)cc1)C(F)(F)F. The molecule has 0 spiro atoms. The molecule has 196 valence electrons. The second-order valence-corrected chi connectivity index (χ2v) is 7.45. The van der Waals surface area contributed by atoms with Gasteiger partial charge < -0.3 is 25.3 Å². The molecule has 3 aromatic rings. The molecule has 3 N–H and O–H groups in total. The Hall–Kier alpha value is -4.07. The molecule has 37 heavy (non-hydrogen) atoms. The fourth-order valence-electron chi connectivity index (χ4n) is 3.13. The second kappa shape index (κ2) is 10.5. The van der Waals surface area contributed by atoms with Crippen LogP contribution in [0.2, 0.25) is 5.02 Å². The van der Waals surface area contributed by atoms with Crippen LogP contribution in [0.25, 0.3) is 16.8 Å². The van der Waals surface area contributed by atoms with Gasteiger partial charge in [-0.15, -0.1) is 13.2 Å². The minimum atomic E-state index is -5.20. The number of anilines is 1. The zero-order valence-electron chi connectivity index (χ0n) is 18.3. The maximum Gasteiger partial charge on any atom is 0.573 e. The molecule has 0 fully saturated rings. The Kier molecular flexibility index (Phi) is 7.81. The summed E-state index contributed by atoms with van der Waals surface area (Å²) in [6.45, 7) is 0. The zero-order chi connectivity index (χ0) is 27.5. The number of carbonyl (C=O) groups is 1. The van der Waals surface area contributed by atoms with Crippen LogP contribution in [0.15, 0.2) is 52.7 Å². The summed E-state index contributed by atoms with van der Waals surface area (Å²) < 4.78 is 102. The third kappa shape index (κ3) is 6.20. The number of alkyl halides is 6. The maximum atomic E-state index is 14.5. The maximum absolute atomic E-state index is 14.5. The van der Waals surface area contributed by atoms with Gasteiger partial charge in [-0.25, -0.2) is 4.39 Å². The number of benzene rings is 2. The molecule has 0 aliphatic rings. The number of carbonyl (C=O) groups excluding carboxylic acids is 1. The fourth-order valence-corrected chi connectivity index (χ4v) is 3.38. The highest BCUT2D eigenvalue weighted by Gasteiger charge is 2.40. The first-order chi connectivity index (χ1) is 17.3. The monoisotopic (exact) mass is 550 g/mol. The molecule has 0 radical (unpaired) electrons. The van der Waals surface area contributed by atoms with E-state index in [1.165, 1.54) is 12.1 Å². The molecule has 2 aromatic carbocycles. The molecular formula is C22H14ClF7N4O3. The Morgan fingerprint density at radius 3 is 2.27 bits per heavy atom. The highest BCUT2D eigenvalue weighted by atomic mass is 35.5. The van der Waals surface area contributed by atoms with Crippen molar-refractivity contribution in [2.24, 2.45) is 0 Å². The number of amides is 1. The molecule has 0 atom stereocenters. The molecular weight excluding hydrogens is 537 g/mol. The van der Waals surface area contributed by atoms with Gasteiger partial charge in [0.1, 0.15) is 28.5 Å². The number of nitrogens with zero attached hydrogens (tertiary/aromatic N) is 1. The topological polar surface area (TPSA) is 100 Å². The lowest BCUT2D eigenvalue weighted by molar-refractivity contribution is -0.274. The predicted molar refractivity (Wildman–Crippen MR) is 119 cm³/mol. The van der Waals surface area contributed by atoms with Crippen molar-refractivity contribution < 1.29 is 44.8 Å². The Morgan fingerprint density at radius 1 is 1.11 bits per heavy atom. The summed E-state index contributed by atoms with van der Waals surface area (Å²) in [5.41, 5.74) is -4.59. The van der Waals surface area contributed by atoms with Crippen molar-refractivity contribution >= 4 is 35.0 Å². The minimum Gasteiger partial charge on any atom is -0.406 e. The molecule has 15 heteroatoms. The molecule has 0 aliphatic heterocycles. The molecule has 0 saturated heterocycles. The zero-order valence-corrected chi connectivity index (χ0v) is 19.1. The van der Waals surface area contributed by atoms with E-state index in [0.29, 0.717) is 0 Å². The van der Waals surface area contributed by atoms with Crippen LogP contribution in [-0.2, 0) is 0 Å². The van der Waals surface area contributed by atoms with E-state index in [1.807, 2.05) is 5.32 Å². The summed E-state index contributed by atoms with van der Waals surface area (Å²) in [4.78, 5) is 12.6. The van der Waals surface area contributed by atoms with Gasteiger partial charge in [0.05, 0.1) is 16.2 Å². The van der Waals surface area contributed by atoms with E-state index in [1.54, 1.807) is 0 Å². The quantitative estimate of drug-likeness (QED) is 0.233. The van der Waals surface area contributed by atoms with Crippen LogP contribution in [0.5, 0.6) is 5.75 Å². The molecule has 0 saturated carbocycles. The van der Waals surface area contributed by atoms with Crippen LogP contribution in [-0.4, -0.2) is 36.9 Å². The van der Waals surface area contributed by atoms with Gasteiger partial charge in [0.15, 0.2) is 5.76 Å². The summed E-state index contributed by atoms with van der Waals surface area (Å²) in [5.74, 6) is -3.51. The summed E-state index contributed by atoms with van der Waals surface area (Å²) in [6, 6.07) is 6.72. The highest BCUT2D eigenvalue weighted by molar-refractivity contribution is 6.33. The predicted octanol–water partition coefficient (Wildman–Crippen LogP) is 6.43. The van der Waals surface area contributed by atoms with Gasteiger partial charge >= 0.3 is 12.5 Å². The average Bonchev–Trinajstić information content (AvgIpc) is 3.22. The first kappa shape index (κ1) is 27.5. The lowest BCUT2D eigenvalue weighted by Gasteiger charge is -2.17. The van der Waals surface area contributed by atoms with Gasteiger partial charge in [0, 0.05) is 18.9 Å². The van der Waals surface area contributed by atoms with Crippen LogP contribution in [0.4, 0.5) is 36.4 Å². The first-order valence-corrected chi connectivity index (χ1v) is 10.3. The van der Waals surface area contributed by atoms with E-state index in [2.05, 4.69) is 15.2 Å². The average molecular weight is 551 g/mol. The third-order valence-corrected chi connectivity index (χ3v) is 4.96. The molecule has 1 aromatic heterocycles. The third-order valence-electron chi connectivity index (χ3n) is 4.64. The largest absolute Gasteiger partial charge is 0.573 e. The smallest absolute Gasteiger partial charge is 0.406 e. The van der Waals surface area contributed by atoms with Gasteiger partial charge in [-0.05, 0) is 36.4 Å². The van der Waals surface area contributed by atoms with E-state index < -0.39 is 63.9 Å². The van der Waals surface area contributed by atoms with Crippen molar-refractivity contribution in [2.75, 3.05) is 12.4 Å². The van der Waals surface area contributed by atoms with Gasteiger partial charge in [0.25, 0.3) is 5.91 Å². The summed E-state index contributed by atoms with van der Waals surface area (Å²) in [6.07, 6.45) is -9.99. The van der Waals surface area contributed by atoms with Gasteiger partial charge in [0.2, 0.25) is 0 Å². The number of hydrogen-bond donors (Lipinski definition) is 3. The molecule has 7 nitrogen and oxygen atoms in total. The molecule has 1 heterocycles. The Balaban J connectivity index is 2.19. The number of nitrogens with one attached hydrogen (secondary N) is 3. The van der Waals surface area contributed by atoms with Crippen molar-refractivity contribution in [3.8, 4) is 17.0 Å². The van der Waals surface area contributed by atoms with Crippen LogP contribution < -0.4 is 15.4 Å². The summed E-state index contributed by atoms with van der Waals surface area (Å²) in [7, 11) is 1.15. The minimum absolute atomic E-state index is 0.219. The Labute approximate surface area is 208 Å². The van der Waals surface area contributed by atoms with Crippen LogP contribution in [0, 0.1) is 11.2 Å². The number of rotatable bonds is 7. The Morgan fingerprint density at radius 2 is 1.76 bits per heavy atom. The first-order valence-electron chi connectivity index (χ1n) is 9.88. The molecule has 0 unspecified atom stereocenters. The lowest BCUT2D eigenvalue weighted by atomic mass is 10.00. The van der Waals surface area contributed by atoms with Crippen LogP contribution in [0.3, 0.4) is 0 Å². The van der Waals surface area contributed by atoms with E-state index in [0.717, 1.165) is 37.4 Å². The summed E-state index contributed by atoms with van der Waals surface area (Å²) in [5, 5.41) is 15.1. The van der Waals surface area contributed by atoms with E-state index in [4.69, 9.17) is 21.5 Å². The van der Waals surface area contributed by atoms with Crippen LogP contribution in [0.1, 0.15) is 16.1 Å². The molecule has 3 rings (SSSR count). The Bertz CT molecular complexity index is 1330. The fraction of sp³-hybridized carbons (Fsp3) is 0.136.